The van der Waals surface area contributed by atoms with Crippen molar-refractivity contribution in [2.45, 2.75) is 20.3 Å². The zero-order chi connectivity index (χ0) is 15.2. The SMILES string of the molecule is CCCNc1ccc(Cl)c(C(=O)Nc2cc(C)ccn2)n1. The Bertz CT molecular complexity index is 645. The molecule has 0 aromatic carbocycles. The number of nitrogens with zero attached hydrogens (tertiary/aromatic N) is 2. The zero-order valence-corrected chi connectivity index (χ0v) is 12.7. The molecular weight excluding hydrogens is 288 g/mol. The molecule has 0 bridgehead atoms. The van der Waals surface area contributed by atoms with Crippen LogP contribution >= 0.6 is 11.6 Å². The van der Waals surface area contributed by atoms with E-state index in [4.69, 9.17) is 11.6 Å². The molecule has 2 heterocycles. The van der Waals surface area contributed by atoms with Crippen LogP contribution in [0.1, 0.15) is 29.4 Å². The van der Waals surface area contributed by atoms with Crippen molar-refractivity contribution in [3.8, 4) is 0 Å². The molecule has 1 amide bonds. The van der Waals surface area contributed by atoms with Crippen LogP contribution in [-0.4, -0.2) is 22.4 Å². The maximum atomic E-state index is 12.2. The Kier molecular flexibility index (Phi) is 5.11. The lowest BCUT2D eigenvalue weighted by atomic mass is 10.3. The van der Waals surface area contributed by atoms with Crippen LogP contribution in [0.15, 0.2) is 30.5 Å². The van der Waals surface area contributed by atoms with Crippen LogP contribution in [-0.2, 0) is 0 Å². The van der Waals surface area contributed by atoms with E-state index in [0.29, 0.717) is 16.7 Å². The van der Waals surface area contributed by atoms with E-state index in [1.807, 2.05) is 13.0 Å². The molecule has 110 valence electrons. The molecule has 0 aliphatic rings. The van der Waals surface area contributed by atoms with E-state index < -0.39 is 0 Å². The first-order chi connectivity index (χ1) is 10.1. The van der Waals surface area contributed by atoms with Crippen molar-refractivity contribution in [3.05, 3.63) is 46.7 Å². The quantitative estimate of drug-likeness (QED) is 0.887. The Balaban J connectivity index is 2.18. The van der Waals surface area contributed by atoms with Gasteiger partial charge in [0.15, 0.2) is 0 Å². The van der Waals surface area contributed by atoms with Crippen molar-refractivity contribution in [3.63, 3.8) is 0 Å². The zero-order valence-electron chi connectivity index (χ0n) is 12.0. The lowest BCUT2D eigenvalue weighted by Gasteiger charge is -2.09. The normalized spacial score (nSPS) is 10.2. The summed E-state index contributed by atoms with van der Waals surface area (Å²) >= 11 is 6.05. The summed E-state index contributed by atoms with van der Waals surface area (Å²) in [5.74, 6) is 0.728. The molecule has 0 spiro atoms. The molecule has 0 atom stereocenters. The fraction of sp³-hybridized carbons (Fsp3) is 0.267. The van der Waals surface area contributed by atoms with Gasteiger partial charge in [-0.25, -0.2) is 9.97 Å². The summed E-state index contributed by atoms with van der Waals surface area (Å²) in [6.07, 6.45) is 2.61. The van der Waals surface area contributed by atoms with E-state index in [9.17, 15) is 4.79 Å². The Morgan fingerprint density at radius 2 is 2.10 bits per heavy atom. The number of aromatic nitrogens is 2. The van der Waals surface area contributed by atoms with Crippen molar-refractivity contribution >= 4 is 29.1 Å². The third kappa shape index (κ3) is 4.16. The molecule has 0 aliphatic heterocycles. The molecule has 2 aromatic rings. The van der Waals surface area contributed by atoms with Crippen LogP contribution in [0.2, 0.25) is 5.02 Å². The average Bonchev–Trinajstić information content (AvgIpc) is 2.46. The minimum atomic E-state index is -0.377. The number of amides is 1. The summed E-state index contributed by atoms with van der Waals surface area (Å²) in [6.45, 7) is 4.77. The van der Waals surface area contributed by atoms with E-state index in [0.717, 1.165) is 18.5 Å². The highest BCUT2D eigenvalue weighted by molar-refractivity contribution is 6.34. The van der Waals surface area contributed by atoms with Crippen LogP contribution in [0.25, 0.3) is 0 Å². The number of rotatable bonds is 5. The fourth-order valence-corrected chi connectivity index (χ4v) is 1.92. The van der Waals surface area contributed by atoms with Crippen molar-refractivity contribution in [2.75, 3.05) is 17.2 Å². The molecule has 0 radical (unpaired) electrons. The first kappa shape index (κ1) is 15.3. The Morgan fingerprint density at radius 3 is 2.81 bits per heavy atom. The average molecular weight is 305 g/mol. The summed E-state index contributed by atoms with van der Waals surface area (Å²) in [4.78, 5) is 20.6. The molecule has 2 N–H and O–H groups in total. The summed E-state index contributed by atoms with van der Waals surface area (Å²) < 4.78 is 0. The highest BCUT2D eigenvalue weighted by Crippen LogP contribution is 2.18. The van der Waals surface area contributed by atoms with Gasteiger partial charge < -0.3 is 10.6 Å². The first-order valence-electron chi connectivity index (χ1n) is 6.74. The van der Waals surface area contributed by atoms with Gasteiger partial charge in [0.2, 0.25) is 0 Å². The van der Waals surface area contributed by atoms with Crippen LogP contribution in [0.4, 0.5) is 11.6 Å². The molecule has 2 rings (SSSR count). The van der Waals surface area contributed by atoms with Gasteiger partial charge in [0.1, 0.15) is 17.3 Å². The monoisotopic (exact) mass is 304 g/mol. The van der Waals surface area contributed by atoms with Crippen molar-refractivity contribution < 1.29 is 4.79 Å². The molecule has 0 saturated heterocycles. The van der Waals surface area contributed by atoms with Crippen LogP contribution in [0, 0.1) is 6.92 Å². The predicted molar refractivity (Wildman–Crippen MR) is 85.0 cm³/mol. The van der Waals surface area contributed by atoms with E-state index in [2.05, 4.69) is 27.5 Å². The second-order valence-electron chi connectivity index (χ2n) is 4.63. The van der Waals surface area contributed by atoms with Gasteiger partial charge >= 0.3 is 0 Å². The van der Waals surface area contributed by atoms with Gasteiger partial charge in [-0.1, -0.05) is 18.5 Å². The molecule has 0 saturated carbocycles. The standard InChI is InChI=1S/C15H17ClN4O/c1-3-7-17-12-5-4-11(16)14(19-12)15(21)20-13-9-10(2)6-8-18-13/h4-6,8-9H,3,7H2,1-2H3,(H,17,19)(H,18,20,21). The van der Waals surface area contributed by atoms with Gasteiger partial charge in [0.25, 0.3) is 5.91 Å². The smallest absolute Gasteiger partial charge is 0.277 e. The van der Waals surface area contributed by atoms with E-state index >= 15 is 0 Å². The van der Waals surface area contributed by atoms with Gasteiger partial charge in [-0.2, -0.15) is 0 Å². The van der Waals surface area contributed by atoms with Gasteiger partial charge in [0.05, 0.1) is 5.02 Å². The maximum Gasteiger partial charge on any atom is 0.277 e. The Hall–Kier alpha value is -2.14. The molecule has 21 heavy (non-hydrogen) atoms. The van der Waals surface area contributed by atoms with Gasteiger partial charge in [0, 0.05) is 12.7 Å². The molecule has 5 nitrogen and oxygen atoms in total. The second-order valence-corrected chi connectivity index (χ2v) is 5.03. The maximum absolute atomic E-state index is 12.2. The predicted octanol–water partition coefficient (Wildman–Crippen LogP) is 3.51. The van der Waals surface area contributed by atoms with Gasteiger partial charge in [-0.15, -0.1) is 0 Å². The number of hydrogen-bond donors (Lipinski definition) is 2. The summed E-state index contributed by atoms with van der Waals surface area (Å²) in [5.41, 5.74) is 1.19. The number of aryl methyl sites for hydroxylation is 1. The lowest BCUT2D eigenvalue weighted by Crippen LogP contribution is -2.16. The largest absolute Gasteiger partial charge is 0.370 e. The third-order valence-electron chi connectivity index (χ3n) is 2.77. The van der Waals surface area contributed by atoms with Crippen molar-refractivity contribution in [2.24, 2.45) is 0 Å². The first-order valence-corrected chi connectivity index (χ1v) is 7.12. The van der Waals surface area contributed by atoms with Crippen molar-refractivity contribution in [1.29, 1.82) is 0 Å². The highest BCUT2D eigenvalue weighted by Gasteiger charge is 2.14. The molecule has 0 fully saturated rings. The Morgan fingerprint density at radius 1 is 1.29 bits per heavy atom. The number of carbonyl (C=O) groups is 1. The van der Waals surface area contributed by atoms with Crippen LogP contribution in [0.3, 0.4) is 0 Å². The molecule has 0 unspecified atom stereocenters. The third-order valence-corrected chi connectivity index (χ3v) is 3.08. The molecule has 0 aliphatic carbocycles. The minimum Gasteiger partial charge on any atom is -0.370 e. The van der Waals surface area contributed by atoms with E-state index in [1.54, 1.807) is 24.4 Å². The highest BCUT2D eigenvalue weighted by atomic mass is 35.5. The fourth-order valence-electron chi connectivity index (χ4n) is 1.73. The lowest BCUT2D eigenvalue weighted by molar-refractivity contribution is 0.102. The van der Waals surface area contributed by atoms with Crippen molar-refractivity contribution in [1.82, 2.24) is 9.97 Å². The molecule has 6 heteroatoms. The van der Waals surface area contributed by atoms with E-state index in [1.165, 1.54) is 0 Å². The Labute approximate surface area is 128 Å². The number of hydrogen-bond acceptors (Lipinski definition) is 4. The minimum absolute atomic E-state index is 0.182. The van der Waals surface area contributed by atoms with Crippen LogP contribution in [0.5, 0.6) is 0 Å². The summed E-state index contributed by atoms with van der Waals surface area (Å²) in [6, 6.07) is 7.05. The number of nitrogens with one attached hydrogen (secondary N) is 2. The van der Waals surface area contributed by atoms with Gasteiger partial charge in [-0.3, -0.25) is 4.79 Å². The number of pyridine rings is 2. The van der Waals surface area contributed by atoms with E-state index in [-0.39, 0.29) is 11.6 Å². The van der Waals surface area contributed by atoms with Crippen LogP contribution < -0.4 is 10.6 Å². The topological polar surface area (TPSA) is 66.9 Å². The number of carbonyl (C=O) groups excluding carboxylic acids is 1. The summed E-state index contributed by atoms with van der Waals surface area (Å²) in [7, 11) is 0. The van der Waals surface area contributed by atoms with Gasteiger partial charge in [-0.05, 0) is 43.2 Å². The molecule has 2 aromatic heterocycles. The number of halogens is 1. The summed E-state index contributed by atoms with van der Waals surface area (Å²) in [5, 5.41) is 6.13. The molecular formula is C15H17ClN4O. The second kappa shape index (κ2) is 7.04. The number of anilines is 2.